The first-order valence-corrected chi connectivity index (χ1v) is 12.5. The van der Waals surface area contributed by atoms with Gasteiger partial charge in [-0.15, -0.1) is 0 Å². The molecule has 4 heterocycles. The van der Waals surface area contributed by atoms with Gasteiger partial charge in [-0.3, -0.25) is 4.98 Å². The predicted octanol–water partition coefficient (Wildman–Crippen LogP) is 5.84. The lowest BCUT2D eigenvalue weighted by Crippen LogP contribution is -2.59. The van der Waals surface area contributed by atoms with Crippen molar-refractivity contribution in [1.29, 1.82) is 0 Å². The van der Waals surface area contributed by atoms with Crippen LogP contribution in [0.4, 0.5) is 11.4 Å². The molecule has 0 saturated carbocycles. The summed E-state index contributed by atoms with van der Waals surface area (Å²) >= 11 is 0. The number of anilines is 2. The Bertz CT molecular complexity index is 1790. The molecule has 0 aliphatic carbocycles. The van der Waals surface area contributed by atoms with Crippen LogP contribution < -0.4 is 15.7 Å². The fourth-order valence-corrected chi connectivity index (χ4v) is 5.98. The fourth-order valence-electron chi connectivity index (χ4n) is 5.98. The van der Waals surface area contributed by atoms with E-state index in [1.165, 1.54) is 44.6 Å². The number of pyridine rings is 1. The molecular weight excluding hydrogens is 451 g/mol. The lowest BCUT2D eigenvalue weighted by molar-refractivity contribution is 0.880. The molecule has 0 amide bonds. The zero-order valence-corrected chi connectivity index (χ0v) is 20.0. The van der Waals surface area contributed by atoms with E-state index in [4.69, 9.17) is 0 Å². The first kappa shape index (κ1) is 20.3. The molecule has 8 rings (SSSR count). The highest BCUT2D eigenvalue weighted by Crippen LogP contribution is 2.47. The SMILES string of the molecule is c1ccc(-c2ccc3c(c2)N2B(c4ccccc4-3)c3ccccc3-c3ccc(-n4cccn4)cc32)nc1. The molecule has 0 saturated heterocycles. The molecule has 4 nitrogen and oxygen atoms in total. The zero-order valence-electron chi connectivity index (χ0n) is 20.0. The van der Waals surface area contributed by atoms with E-state index >= 15 is 0 Å². The van der Waals surface area contributed by atoms with Crippen molar-refractivity contribution in [1.82, 2.24) is 14.8 Å². The normalized spacial score (nSPS) is 12.8. The molecule has 2 aromatic heterocycles. The number of rotatable bonds is 2. The van der Waals surface area contributed by atoms with Crippen LogP contribution in [0.2, 0.25) is 0 Å². The average molecular weight is 472 g/mol. The second kappa shape index (κ2) is 7.80. The lowest BCUT2D eigenvalue weighted by atomic mass is 9.43. The fraction of sp³-hybridized carbons (Fsp3) is 0. The number of benzene rings is 4. The van der Waals surface area contributed by atoms with Crippen molar-refractivity contribution < 1.29 is 0 Å². The van der Waals surface area contributed by atoms with Gasteiger partial charge in [0.25, 0.3) is 0 Å². The van der Waals surface area contributed by atoms with Gasteiger partial charge in [-0.25, -0.2) is 4.68 Å². The molecule has 2 aliphatic heterocycles. The Labute approximate surface area is 215 Å². The predicted molar refractivity (Wildman–Crippen MR) is 151 cm³/mol. The van der Waals surface area contributed by atoms with Gasteiger partial charge in [0.05, 0.1) is 11.4 Å². The Morgan fingerprint density at radius 3 is 1.97 bits per heavy atom. The highest BCUT2D eigenvalue weighted by molar-refractivity contribution is 6.92. The molecule has 0 radical (unpaired) electrons. The minimum Gasteiger partial charge on any atom is -0.376 e. The number of hydrogen-bond donors (Lipinski definition) is 0. The molecule has 172 valence electrons. The van der Waals surface area contributed by atoms with Crippen molar-refractivity contribution in [2.24, 2.45) is 0 Å². The van der Waals surface area contributed by atoms with Crippen LogP contribution in [-0.4, -0.2) is 21.6 Å². The molecule has 2 aliphatic rings. The Hall–Kier alpha value is -4.90. The van der Waals surface area contributed by atoms with Crippen LogP contribution in [0.25, 0.3) is 39.2 Å². The third-order valence-corrected chi connectivity index (χ3v) is 7.58. The molecule has 4 aromatic carbocycles. The van der Waals surface area contributed by atoms with Crippen LogP contribution in [0.15, 0.2) is 128 Å². The maximum absolute atomic E-state index is 4.64. The van der Waals surface area contributed by atoms with E-state index in [-0.39, 0.29) is 6.85 Å². The summed E-state index contributed by atoms with van der Waals surface area (Å²) in [4.78, 5) is 7.17. The molecule has 0 bridgehead atoms. The summed E-state index contributed by atoms with van der Waals surface area (Å²) in [6.45, 7) is 0.0688. The van der Waals surface area contributed by atoms with Gasteiger partial charge in [-0.2, -0.15) is 5.10 Å². The van der Waals surface area contributed by atoms with E-state index in [1.54, 1.807) is 0 Å². The maximum Gasteiger partial charge on any atom is 0.329 e. The highest BCUT2D eigenvalue weighted by atomic mass is 15.3. The van der Waals surface area contributed by atoms with Crippen LogP contribution >= 0.6 is 0 Å². The topological polar surface area (TPSA) is 34.0 Å². The van der Waals surface area contributed by atoms with Gasteiger partial charge < -0.3 is 4.81 Å². The molecule has 6 aromatic rings. The molecule has 5 heteroatoms. The molecular formula is C32H21BN4. The van der Waals surface area contributed by atoms with E-state index in [0.29, 0.717) is 0 Å². The lowest BCUT2D eigenvalue weighted by Gasteiger charge is -2.43. The summed E-state index contributed by atoms with van der Waals surface area (Å²) in [7, 11) is 0. The standard InChI is InChI=1S/C32H21BN4/c1-3-10-28-24(8-1)26-15-13-22(30-12-5-6-17-34-30)20-31(26)37-32-21-23(36-19-7-18-35-36)14-16-27(32)25-9-2-4-11-29(25)33(28)37/h1-21H. The number of nitrogens with zero attached hydrogens (tertiary/aromatic N) is 4. The Kier molecular flexibility index (Phi) is 4.28. The van der Waals surface area contributed by atoms with Crippen molar-refractivity contribution in [3.63, 3.8) is 0 Å². The van der Waals surface area contributed by atoms with Crippen molar-refractivity contribution in [3.8, 4) is 39.2 Å². The molecule has 0 spiro atoms. The third kappa shape index (κ3) is 2.98. The van der Waals surface area contributed by atoms with Crippen LogP contribution in [0.5, 0.6) is 0 Å². The van der Waals surface area contributed by atoms with Crippen LogP contribution in [0.3, 0.4) is 0 Å². The van der Waals surface area contributed by atoms with Crippen LogP contribution in [0.1, 0.15) is 0 Å². The number of fused-ring (bicyclic) bond motifs is 11. The minimum atomic E-state index is 0.0688. The van der Waals surface area contributed by atoms with Crippen molar-refractivity contribution in [2.45, 2.75) is 0 Å². The summed E-state index contributed by atoms with van der Waals surface area (Å²) in [6.07, 6.45) is 5.67. The molecule has 0 fully saturated rings. The van der Waals surface area contributed by atoms with E-state index in [1.807, 2.05) is 41.5 Å². The van der Waals surface area contributed by atoms with Gasteiger partial charge in [0.2, 0.25) is 0 Å². The Morgan fingerprint density at radius 2 is 1.27 bits per heavy atom. The third-order valence-electron chi connectivity index (χ3n) is 7.58. The Balaban J connectivity index is 1.45. The molecule has 0 N–H and O–H groups in total. The monoisotopic (exact) mass is 472 g/mol. The van der Waals surface area contributed by atoms with Gasteiger partial charge in [0.15, 0.2) is 0 Å². The van der Waals surface area contributed by atoms with E-state index < -0.39 is 0 Å². The van der Waals surface area contributed by atoms with Crippen LogP contribution in [-0.2, 0) is 0 Å². The zero-order chi connectivity index (χ0) is 24.3. The second-order valence-corrected chi connectivity index (χ2v) is 9.55. The second-order valence-electron chi connectivity index (χ2n) is 9.55. The van der Waals surface area contributed by atoms with Crippen molar-refractivity contribution in [2.75, 3.05) is 4.81 Å². The maximum atomic E-state index is 4.64. The van der Waals surface area contributed by atoms with Gasteiger partial charge in [-0.05, 0) is 58.5 Å². The smallest absolute Gasteiger partial charge is 0.329 e. The van der Waals surface area contributed by atoms with Crippen LogP contribution in [0, 0.1) is 0 Å². The average Bonchev–Trinajstić information content (AvgIpc) is 3.52. The quantitative estimate of drug-likeness (QED) is 0.297. The molecule has 37 heavy (non-hydrogen) atoms. The van der Waals surface area contributed by atoms with Gasteiger partial charge in [-0.1, -0.05) is 72.8 Å². The Morgan fingerprint density at radius 1 is 0.568 bits per heavy atom. The largest absolute Gasteiger partial charge is 0.376 e. The summed E-state index contributed by atoms with van der Waals surface area (Å²) in [6, 6.07) is 39.1. The number of aromatic nitrogens is 3. The molecule has 0 atom stereocenters. The summed E-state index contributed by atoms with van der Waals surface area (Å²) in [5.41, 5.74) is 13.2. The van der Waals surface area contributed by atoms with Crippen molar-refractivity contribution in [3.05, 3.63) is 128 Å². The summed E-state index contributed by atoms with van der Waals surface area (Å²) < 4.78 is 1.93. The number of hydrogen-bond acceptors (Lipinski definition) is 3. The van der Waals surface area contributed by atoms with E-state index in [9.17, 15) is 0 Å². The summed E-state index contributed by atoms with van der Waals surface area (Å²) in [5, 5.41) is 4.51. The minimum absolute atomic E-state index is 0.0688. The van der Waals surface area contributed by atoms with Gasteiger partial charge in [0.1, 0.15) is 0 Å². The van der Waals surface area contributed by atoms with E-state index in [2.05, 4.69) is 106 Å². The van der Waals surface area contributed by atoms with Gasteiger partial charge >= 0.3 is 6.85 Å². The molecule has 0 unspecified atom stereocenters. The first-order valence-electron chi connectivity index (χ1n) is 12.5. The highest BCUT2D eigenvalue weighted by Gasteiger charge is 2.42. The first-order chi connectivity index (χ1) is 18.4. The summed E-state index contributed by atoms with van der Waals surface area (Å²) in [5.74, 6) is 0. The van der Waals surface area contributed by atoms with Crippen molar-refractivity contribution >= 4 is 29.1 Å². The van der Waals surface area contributed by atoms with Gasteiger partial charge in [0, 0.05) is 46.7 Å². The van der Waals surface area contributed by atoms with E-state index in [0.717, 1.165) is 16.9 Å².